The summed E-state index contributed by atoms with van der Waals surface area (Å²) in [5, 5.41) is 4.18. The first-order valence-electron chi connectivity index (χ1n) is 7.54. The maximum atomic E-state index is 5.94. The van der Waals surface area contributed by atoms with E-state index < -0.39 is 0 Å². The van der Waals surface area contributed by atoms with E-state index in [1.165, 1.54) is 0 Å². The van der Waals surface area contributed by atoms with Crippen LogP contribution in [-0.4, -0.2) is 19.4 Å². The van der Waals surface area contributed by atoms with Crippen LogP contribution in [0.4, 0.5) is 5.82 Å². The molecule has 0 amide bonds. The van der Waals surface area contributed by atoms with Crippen LogP contribution in [0, 0.1) is 0 Å². The number of nitrogens with one attached hydrogen (secondary N) is 1. The van der Waals surface area contributed by atoms with Crippen LogP contribution in [0.15, 0.2) is 67.1 Å². The van der Waals surface area contributed by atoms with Gasteiger partial charge in [-0.05, 0) is 35.9 Å². The Kier molecular flexibility index (Phi) is 3.84. The van der Waals surface area contributed by atoms with Crippen molar-refractivity contribution in [3.05, 3.63) is 77.7 Å². The lowest BCUT2D eigenvalue weighted by atomic mass is 10.2. The highest BCUT2D eigenvalue weighted by Crippen LogP contribution is 2.27. The summed E-state index contributed by atoms with van der Waals surface area (Å²) < 4.78 is 1.93. The normalized spacial score (nSPS) is 10.9. The van der Waals surface area contributed by atoms with Crippen LogP contribution < -0.4 is 5.32 Å². The van der Waals surface area contributed by atoms with E-state index in [-0.39, 0.29) is 0 Å². The smallest absolute Gasteiger partial charge is 0.236 e. The van der Waals surface area contributed by atoms with Gasteiger partial charge in [0.15, 0.2) is 0 Å². The zero-order valence-electron chi connectivity index (χ0n) is 12.7. The van der Waals surface area contributed by atoms with Gasteiger partial charge in [-0.3, -0.25) is 9.38 Å². The van der Waals surface area contributed by atoms with Gasteiger partial charge in [0.25, 0.3) is 0 Å². The summed E-state index contributed by atoms with van der Waals surface area (Å²) in [5.41, 5.74) is 2.72. The van der Waals surface area contributed by atoms with Crippen molar-refractivity contribution in [3.8, 4) is 11.4 Å². The minimum Gasteiger partial charge on any atom is -0.365 e. The average molecular weight is 336 g/mol. The van der Waals surface area contributed by atoms with Crippen LogP contribution in [0.1, 0.15) is 5.56 Å². The summed E-state index contributed by atoms with van der Waals surface area (Å²) in [5.74, 6) is 1.50. The largest absolute Gasteiger partial charge is 0.365 e. The number of halogens is 1. The van der Waals surface area contributed by atoms with Gasteiger partial charge < -0.3 is 5.32 Å². The molecule has 4 rings (SSSR count). The monoisotopic (exact) mass is 335 g/mol. The van der Waals surface area contributed by atoms with E-state index in [1.54, 1.807) is 12.4 Å². The molecule has 1 aromatic carbocycles. The van der Waals surface area contributed by atoms with Crippen LogP contribution in [0.25, 0.3) is 17.2 Å². The molecule has 6 heteroatoms. The van der Waals surface area contributed by atoms with E-state index in [4.69, 9.17) is 11.6 Å². The first-order chi connectivity index (χ1) is 11.8. The zero-order valence-corrected chi connectivity index (χ0v) is 13.5. The third-order valence-corrected chi connectivity index (χ3v) is 3.94. The lowest BCUT2D eigenvalue weighted by molar-refractivity contribution is 1.06. The number of rotatable bonds is 4. The van der Waals surface area contributed by atoms with Crippen molar-refractivity contribution < 1.29 is 0 Å². The Hall–Kier alpha value is -2.92. The second-order valence-corrected chi connectivity index (χ2v) is 5.73. The molecule has 0 spiro atoms. The maximum absolute atomic E-state index is 5.94. The maximum Gasteiger partial charge on any atom is 0.236 e. The molecule has 0 aliphatic rings. The summed E-state index contributed by atoms with van der Waals surface area (Å²) in [6.45, 7) is 0.652. The standard InChI is InChI=1S/C18H14ClN5/c19-14-7-5-13(6-8-14)12-22-17-16(15-4-1-2-9-20-15)23-18-21-10-3-11-24(17)18/h1-11,22H,12H2. The lowest BCUT2D eigenvalue weighted by Gasteiger charge is -2.08. The van der Waals surface area contributed by atoms with Crippen molar-refractivity contribution in [2.24, 2.45) is 0 Å². The molecule has 3 aromatic heterocycles. The van der Waals surface area contributed by atoms with E-state index >= 15 is 0 Å². The summed E-state index contributed by atoms with van der Waals surface area (Å²) in [4.78, 5) is 13.3. The van der Waals surface area contributed by atoms with Crippen molar-refractivity contribution in [1.82, 2.24) is 19.4 Å². The van der Waals surface area contributed by atoms with Crippen molar-refractivity contribution >= 4 is 23.2 Å². The number of aromatic nitrogens is 4. The minimum absolute atomic E-state index is 0.636. The van der Waals surface area contributed by atoms with Crippen molar-refractivity contribution in [3.63, 3.8) is 0 Å². The Morgan fingerprint density at radius 1 is 0.958 bits per heavy atom. The summed E-state index contributed by atoms with van der Waals surface area (Å²) >= 11 is 5.94. The van der Waals surface area contributed by atoms with Crippen LogP contribution in [0.5, 0.6) is 0 Å². The van der Waals surface area contributed by atoms with E-state index in [9.17, 15) is 0 Å². The number of anilines is 1. The van der Waals surface area contributed by atoms with Gasteiger partial charge in [0.1, 0.15) is 11.5 Å². The number of hydrogen-bond acceptors (Lipinski definition) is 4. The highest BCUT2D eigenvalue weighted by atomic mass is 35.5. The fraction of sp³-hybridized carbons (Fsp3) is 0.0556. The molecular formula is C18H14ClN5. The Labute approximate surface area is 144 Å². The van der Waals surface area contributed by atoms with Gasteiger partial charge >= 0.3 is 0 Å². The van der Waals surface area contributed by atoms with Gasteiger partial charge in [-0.1, -0.05) is 29.8 Å². The van der Waals surface area contributed by atoms with Gasteiger partial charge in [0.05, 0.1) is 5.69 Å². The SMILES string of the molecule is Clc1ccc(CNc2c(-c3ccccn3)nc3ncccn23)cc1. The van der Waals surface area contributed by atoms with Crippen molar-refractivity contribution in [2.45, 2.75) is 6.54 Å². The highest BCUT2D eigenvalue weighted by molar-refractivity contribution is 6.30. The second-order valence-electron chi connectivity index (χ2n) is 5.29. The molecule has 24 heavy (non-hydrogen) atoms. The van der Waals surface area contributed by atoms with Crippen LogP contribution in [-0.2, 0) is 6.54 Å². The van der Waals surface area contributed by atoms with Crippen LogP contribution in [0.3, 0.4) is 0 Å². The third kappa shape index (κ3) is 2.81. The predicted molar refractivity (Wildman–Crippen MR) is 95.0 cm³/mol. The topological polar surface area (TPSA) is 55.1 Å². The quantitative estimate of drug-likeness (QED) is 0.611. The molecule has 0 aliphatic heterocycles. The molecule has 1 N–H and O–H groups in total. The predicted octanol–water partition coefficient (Wildman–Crippen LogP) is 4.06. The summed E-state index contributed by atoms with van der Waals surface area (Å²) in [6, 6.07) is 15.4. The molecule has 0 radical (unpaired) electrons. The average Bonchev–Trinajstić information content (AvgIpc) is 3.01. The Morgan fingerprint density at radius 3 is 2.58 bits per heavy atom. The number of imidazole rings is 1. The molecule has 0 unspecified atom stereocenters. The number of pyridine rings is 1. The number of nitrogens with zero attached hydrogens (tertiary/aromatic N) is 4. The third-order valence-electron chi connectivity index (χ3n) is 3.68. The molecule has 0 saturated heterocycles. The molecule has 118 valence electrons. The van der Waals surface area contributed by atoms with Gasteiger partial charge in [-0.2, -0.15) is 0 Å². The fourth-order valence-corrected chi connectivity index (χ4v) is 2.65. The molecule has 0 aliphatic carbocycles. The van der Waals surface area contributed by atoms with E-state index in [0.717, 1.165) is 27.8 Å². The lowest BCUT2D eigenvalue weighted by Crippen LogP contribution is -2.03. The molecule has 3 heterocycles. The molecule has 4 aromatic rings. The Morgan fingerprint density at radius 2 is 1.79 bits per heavy atom. The van der Waals surface area contributed by atoms with Crippen molar-refractivity contribution in [1.29, 1.82) is 0 Å². The Bertz CT molecular complexity index is 964. The summed E-state index contributed by atoms with van der Waals surface area (Å²) in [6.07, 6.45) is 5.43. The molecule has 5 nitrogen and oxygen atoms in total. The van der Waals surface area contributed by atoms with E-state index in [2.05, 4.69) is 20.3 Å². The van der Waals surface area contributed by atoms with Gasteiger partial charge in [-0.15, -0.1) is 0 Å². The minimum atomic E-state index is 0.636. The molecular weight excluding hydrogens is 322 g/mol. The highest BCUT2D eigenvalue weighted by Gasteiger charge is 2.15. The first kappa shape index (κ1) is 14.7. The van der Waals surface area contributed by atoms with Gasteiger partial charge in [0.2, 0.25) is 5.78 Å². The van der Waals surface area contributed by atoms with E-state index in [1.807, 2.05) is 59.1 Å². The Balaban J connectivity index is 1.74. The molecule has 0 saturated carbocycles. The molecule has 0 atom stereocenters. The van der Waals surface area contributed by atoms with Crippen molar-refractivity contribution in [2.75, 3.05) is 5.32 Å². The summed E-state index contributed by atoms with van der Waals surface area (Å²) in [7, 11) is 0. The zero-order chi connectivity index (χ0) is 16.4. The van der Waals surface area contributed by atoms with Crippen LogP contribution >= 0.6 is 11.6 Å². The van der Waals surface area contributed by atoms with Gasteiger partial charge in [-0.25, -0.2) is 9.97 Å². The molecule has 0 bridgehead atoms. The van der Waals surface area contributed by atoms with Gasteiger partial charge in [0, 0.05) is 30.2 Å². The second kappa shape index (κ2) is 6.29. The number of fused-ring (bicyclic) bond motifs is 1. The van der Waals surface area contributed by atoms with E-state index in [0.29, 0.717) is 12.3 Å². The first-order valence-corrected chi connectivity index (χ1v) is 7.92. The molecule has 0 fully saturated rings. The van der Waals surface area contributed by atoms with Crippen LogP contribution in [0.2, 0.25) is 5.02 Å². The number of benzene rings is 1. The number of hydrogen-bond donors (Lipinski definition) is 1. The fourth-order valence-electron chi connectivity index (χ4n) is 2.53.